The van der Waals surface area contributed by atoms with E-state index in [1.807, 2.05) is 13.0 Å². The molecule has 0 saturated heterocycles. The number of hydrogen-bond donors (Lipinski definition) is 2. The van der Waals surface area contributed by atoms with Crippen LogP contribution in [-0.2, 0) is 6.54 Å². The van der Waals surface area contributed by atoms with Crippen LogP contribution in [0.1, 0.15) is 20.9 Å². The number of ether oxygens (including phenoxy) is 1. The van der Waals surface area contributed by atoms with Gasteiger partial charge in [-0.05, 0) is 43.3 Å². The SMILES string of the molecule is COc1ccc(-n2c(=O)[nH]cc(C(=O)NCc3sc(-c4ccco4)nc3C)c2=O)cc1. The summed E-state index contributed by atoms with van der Waals surface area (Å²) < 4.78 is 11.3. The Morgan fingerprint density at radius 1 is 1.26 bits per heavy atom. The van der Waals surface area contributed by atoms with Crippen LogP contribution in [0.2, 0.25) is 0 Å². The van der Waals surface area contributed by atoms with Crippen molar-refractivity contribution in [2.45, 2.75) is 13.5 Å². The molecule has 31 heavy (non-hydrogen) atoms. The van der Waals surface area contributed by atoms with Crippen molar-refractivity contribution >= 4 is 17.2 Å². The molecule has 0 aliphatic heterocycles. The molecule has 10 heteroatoms. The summed E-state index contributed by atoms with van der Waals surface area (Å²) in [5.41, 5.74) is -0.461. The van der Waals surface area contributed by atoms with Crippen molar-refractivity contribution in [2.75, 3.05) is 7.11 Å². The molecule has 0 aliphatic rings. The van der Waals surface area contributed by atoms with Crippen LogP contribution < -0.4 is 21.3 Å². The number of carbonyl (C=O) groups is 1. The maximum Gasteiger partial charge on any atom is 0.333 e. The van der Waals surface area contributed by atoms with E-state index in [1.54, 1.807) is 36.6 Å². The molecule has 0 unspecified atom stereocenters. The predicted octanol–water partition coefficient (Wildman–Crippen LogP) is 2.49. The average Bonchev–Trinajstić information content (AvgIpc) is 3.42. The standard InChI is InChI=1S/C21H18N4O5S/c1-12-17(31-19(24-12)16-4-3-9-30-16)11-22-18(26)15-10-23-21(28)25(20(15)27)13-5-7-14(29-2)8-6-13/h3-10H,11H2,1-2H3,(H,22,26)(H,23,28). The van der Waals surface area contributed by atoms with Gasteiger partial charge in [0.25, 0.3) is 11.5 Å². The van der Waals surface area contributed by atoms with E-state index in [9.17, 15) is 14.4 Å². The second-order valence-electron chi connectivity index (χ2n) is 6.53. The van der Waals surface area contributed by atoms with Gasteiger partial charge >= 0.3 is 5.69 Å². The third kappa shape index (κ3) is 4.05. The number of rotatable bonds is 6. The van der Waals surface area contributed by atoms with E-state index < -0.39 is 17.2 Å². The largest absolute Gasteiger partial charge is 0.497 e. The number of furan rings is 1. The van der Waals surface area contributed by atoms with E-state index in [0.29, 0.717) is 22.2 Å². The Morgan fingerprint density at radius 3 is 2.71 bits per heavy atom. The van der Waals surface area contributed by atoms with Gasteiger partial charge in [-0.25, -0.2) is 14.3 Å². The molecule has 3 heterocycles. The number of methoxy groups -OCH3 is 1. The number of aromatic amines is 1. The lowest BCUT2D eigenvalue weighted by Gasteiger charge is -2.08. The van der Waals surface area contributed by atoms with E-state index >= 15 is 0 Å². The molecule has 1 amide bonds. The quantitative estimate of drug-likeness (QED) is 0.477. The minimum Gasteiger partial charge on any atom is -0.497 e. The van der Waals surface area contributed by atoms with Crippen molar-refractivity contribution < 1.29 is 13.9 Å². The monoisotopic (exact) mass is 438 g/mol. The number of carbonyl (C=O) groups excluding carboxylic acids is 1. The van der Waals surface area contributed by atoms with Gasteiger partial charge in [0.15, 0.2) is 10.8 Å². The zero-order chi connectivity index (χ0) is 22.0. The smallest absolute Gasteiger partial charge is 0.333 e. The molecule has 4 aromatic rings. The van der Waals surface area contributed by atoms with Crippen molar-refractivity contribution in [3.05, 3.63) is 85.8 Å². The summed E-state index contributed by atoms with van der Waals surface area (Å²) in [6, 6.07) is 9.95. The fraction of sp³-hybridized carbons (Fsp3) is 0.143. The number of hydrogen-bond acceptors (Lipinski definition) is 7. The highest BCUT2D eigenvalue weighted by molar-refractivity contribution is 7.15. The number of H-pyrrole nitrogens is 1. The van der Waals surface area contributed by atoms with E-state index in [2.05, 4.69) is 15.3 Å². The van der Waals surface area contributed by atoms with Gasteiger partial charge in [-0.1, -0.05) is 0 Å². The topological polar surface area (TPSA) is 119 Å². The Kier molecular flexibility index (Phi) is 5.54. The lowest BCUT2D eigenvalue weighted by atomic mass is 10.2. The van der Waals surface area contributed by atoms with E-state index in [0.717, 1.165) is 21.3 Å². The first-order valence-electron chi connectivity index (χ1n) is 9.25. The van der Waals surface area contributed by atoms with Crippen LogP contribution in [0, 0.1) is 6.92 Å². The number of benzene rings is 1. The molecule has 0 aliphatic carbocycles. The van der Waals surface area contributed by atoms with Gasteiger partial charge in [0.2, 0.25) is 0 Å². The highest BCUT2D eigenvalue weighted by Gasteiger charge is 2.17. The normalized spacial score (nSPS) is 10.8. The molecule has 158 valence electrons. The van der Waals surface area contributed by atoms with Crippen LogP contribution in [0.15, 0.2) is 62.9 Å². The van der Waals surface area contributed by atoms with Crippen molar-refractivity contribution in [1.29, 1.82) is 0 Å². The summed E-state index contributed by atoms with van der Waals surface area (Å²) >= 11 is 1.39. The molecule has 2 N–H and O–H groups in total. The van der Waals surface area contributed by atoms with Crippen LogP contribution in [0.25, 0.3) is 16.5 Å². The number of aryl methyl sites for hydroxylation is 1. The molecular weight excluding hydrogens is 420 g/mol. The first-order chi connectivity index (χ1) is 15.0. The second kappa shape index (κ2) is 8.44. The third-order valence-electron chi connectivity index (χ3n) is 4.59. The average molecular weight is 438 g/mol. The van der Waals surface area contributed by atoms with Crippen LogP contribution in [0.3, 0.4) is 0 Å². The van der Waals surface area contributed by atoms with Gasteiger partial charge in [-0.2, -0.15) is 0 Å². The summed E-state index contributed by atoms with van der Waals surface area (Å²) in [5, 5.41) is 3.42. The Morgan fingerprint density at radius 2 is 2.03 bits per heavy atom. The summed E-state index contributed by atoms with van der Waals surface area (Å²) in [5.74, 6) is 0.625. The summed E-state index contributed by atoms with van der Waals surface area (Å²) in [4.78, 5) is 45.5. The van der Waals surface area contributed by atoms with E-state index in [-0.39, 0.29) is 12.1 Å². The number of nitrogens with zero attached hydrogens (tertiary/aromatic N) is 2. The minimum absolute atomic E-state index is 0.177. The van der Waals surface area contributed by atoms with Crippen LogP contribution in [0.5, 0.6) is 5.75 Å². The van der Waals surface area contributed by atoms with Gasteiger partial charge < -0.3 is 19.5 Å². The van der Waals surface area contributed by atoms with E-state index in [1.165, 1.54) is 18.4 Å². The van der Waals surface area contributed by atoms with Crippen LogP contribution in [-0.4, -0.2) is 27.6 Å². The van der Waals surface area contributed by atoms with Gasteiger partial charge in [-0.3, -0.25) is 9.59 Å². The Labute approximate surface area is 180 Å². The molecule has 4 rings (SSSR count). The fourth-order valence-corrected chi connectivity index (χ4v) is 3.93. The predicted molar refractivity (Wildman–Crippen MR) is 115 cm³/mol. The Balaban J connectivity index is 1.57. The van der Waals surface area contributed by atoms with Crippen LogP contribution in [0.4, 0.5) is 0 Å². The zero-order valence-corrected chi connectivity index (χ0v) is 17.5. The molecule has 0 spiro atoms. The maximum absolute atomic E-state index is 12.9. The number of aromatic nitrogens is 3. The second-order valence-corrected chi connectivity index (χ2v) is 7.62. The first-order valence-corrected chi connectivity index (χ1v) is 10.1. The molecule has 0 fully saturated rings. The molecular formula is C21H18N4O5S. The molecule has 0 saturated carbocycles. The van der Waals surface area contributed by atoms with Gasteiger partial charge in [0.1, 0.15) is 11.3 Å². The van der Waals surface area contributed by atoms with Crippen LogP contribution >= 0.6 is 11.3 Å². The van der Waals surface area contributed by atoms with Gasteiger partial charge in [-0.15, -0.1) is 11.3 Å². The fourth-order valence-electron chi connectivity index (χ4n) is 2.95. The summed E-state index contributed by atoms with van der Waals surface area (Å²) in [6.45, 7) is 2.02. The van der Waals surface area contributed by atoms with Crippen molar-refractivity contribution in [1.82, 2.24) is 19.9 Å². The molecule has 3 aromatic heterocycles. The Hall–Kier alpha value is -3.92. The highest BCUT2D eigenvalue weighted by atomic mass is 32.1. The number of thiazole rings is 1. The molecule has 1 aromatic carbocycles. The van der Waals surface area contributed by atoms with Crippen molar-refractivity contribution in [3.63, 3.8) is 0 Å². The lowest BCUT2D eigenvalue weighted by Crippen LogP contribution is -2.39. The van der Waals surface area contributed by atoms with Crippen molar-refractivity contribution in [2.24, 2.45) is 0 Å². The summed E-state index contributed by atoms with van der Waals surface area (Å²) in [7, 11) is 1.52. The minimum atomic E-state index is -0.719. The maximum atomic E-state index is 12.9. The van der Waals surface area contributed by atoms with Crippen molar-refractivity contribution in [3.8, 4) is 22.2 Å². The molecule has 0 atom stereocenters. The van der Waals surface area contributed by atoms with Gasteiger partial charge in [0, 0.05) is 11.1 Å². The number of amides is 1. The Bertz CT molecular complexity index is 1330. The molecule has 0 bridgehead atoms. The first kappa shape index (κ1) is 20.4. The zero-order valence-electron chi connectivity index (χ0n) is 16.7. The highest BCUT2D eigenvalue weighted by Crippen LogP contribution is 2.28. The number of nitrogens with one attached hydrogen (secondary N) is 2. The van der Waals surface area contributed by atoms with Gasteiger partial charge in [0.05, 0.1) is 31.3 Å². The lowest BCUT2D eigenvalue weighted by molar-refractivity contribution is 0.0949. The van der Waals surface area contributed by atoms with E-state index in [4.69, 9.17) is 9.15 Å². The molecule has 9 nitrogen and oxygen atoms in total. The molecule has 0 radical (unpaired) electrons. The third-order valence-corrected chi connectivity index (χ3v) is 5.76. The summed E-state index contributed by atoms with van der Waals surface area (Å²) in [6.07, 6.45) is 2.69.